The molecular formula is C28H24N9Na2O9S3+. The third-order valence-corrected chi connectivity index (χ3v) is 10.3. The number of amides is 2. The molecule has 0 radical (unpaired) electrons. The zero-order valence-corrected chi connectivity index (χ0v) is 33.5. The van der Waals surface area contributed by atoms with Crippen molar-refractivity contribution in [1.82, 2.24) is 25.1 Å². The molecule has 0 bridgehead atoms. The third kappa shape index (κ3) is 8.75. The first-order chi connectivity index (χ1) is 23.5. The van der Waals surface area contributed by atoms with Crippen LogP contribution in [-0.2, 0) is 25.8 Å². The molecule has 0 saturated carbocycles. The third-order valence-electron chi connectivity index (χ3n) is 7.15. The van der Waals surface area contributed by atoms with Crippen molar-refractivity contribution in [3.8, 4) is 17.1 Å². The Morgan fingerprint density at radius 2 is 2.02 bits per heavy atom. The number of β-lactam (4-membered cyclic amide) rings is 1. The normalized spacial score (nSPS) is 16.7. The number of nitrogen functional groups attached to an aromatic ring is 1. The number of nitrogens with one attached hydrogen (secondary N) is 2. The van der Waals surface area contributed by atoms with Crippen LogP contribution in [-0.4, -0.2) is 78.3 Å². The van der Waals surface area contributed by atoms with Crippen LogP contribution in [0.15, 0.2) is 78.9 Å². The van der Waals surface area contributed by atoms with Gasteiger partial charge in [-0.25, -0.2) is 9.78 Å². The second-order valence-electron chi connectivity index (χ2n) is 10.2. The number of hydrogen-bond acceptors (Lipinski definition) is 16. The molecule has 6 heterocycles. The van der Waals surface area contributed by atoms with Gasteiger partial charge in [-0.15, -0.1) is 34.9 Å². The smallest absolute Gasteiger partial charge is 0.869 e. The van der Waals surface area contributed by atoms with Crippen molar-refractivity contribution in [2.45, 2.75) is 22.9 Å². The molecule has 2 amide bonds. The SMILES string of the molecule is CN[n+]1ccc(SCC2=C(C(=O)O)N3C(=O)[C@@H](NC(=O)/C(=N\OCc4cc(-c5cc(=O)c([O-])cn5[O-])no4)c4csc(N)n4)[C@H]3SC2)cc1.[Na+].[Na+]. The summed E-state index contributed by atoms with van der Waals surface area (Å²) in [5.41, 5.74) is 7.75. The first kappa shape index (κ1) is 40.2. The number of anilines is 1. The van der Waals surface area contributed by atoms with Crippen LogP contribution in [0.5, 0.6) is 5.75 Å². The number of carboxylic acid groups (broad SMARTS) is 1. The summed E-state index contributed by atoms with van der Waals surface area (Å²) in [7, 11) is 1.77. The van der Waals surface area contributed by atoms with E-state index < -0.39 is 40.4 Å². The summed E-state index contributed by atoms with van der Waals surface area (Å²) >= 11 is 3.80. The van der Waals surface area contributed by atoms with E-state index in [1.807, 2.05) is 24.5 Å². The van der Waals surface area contributed by atoms with Crippen LogP contribution < -0.4 is 90.8 Å². The first-order valence-corrected chi connectivity index (χ1v) is 17.0. The summed E-state index contributed by atoms with van der Waals surface area (Å²) in [4.78, 5) is 62.2. The zero-order chi connectivity index (χ0) is 34.8. The van der Waals surface area contributed by atoms with Gasteiger partial charge in [0.25, 0.3) is 11.8 Å². The Morgan fingerprint density at radius 1 is 1.27 bits per heavy atom. The predicted molar refractivity (Wildman–Crippen MR) is 175 cm³/mol. The molecule has 6 rings (SSSR count). The summed E-state index contributed by atoms with van der Waals surface area (Å²) in [5, 5.41) is 44.6. The number of nitrogens with zero attached hydrogens (tertiary/aromatic N) is 6. The molecular weight excluding hydrogens is 749 g/mol. The fourth-order valence-electron chi connectivity index (χ4n) is 4.78. The van der Waals surface area contributed by atoms with Gasteiger partial charge in [0.1, 0.15) is 28.5 Å². The molecule has 2 aliphatic rings. The van der Waals surface area contributed by atoms with Crippen molar-refractivity contribution in [2.75, 3.05) is 29.7 Å². The Bertz CT molecular complexity index is 2070. The fraction of sp³-hybridized carbons (Fsp3) is 0.214. The second-order valence-corrected chi connectivity index (χ2v) is 13.3. The molecule has 23 heteroatoms. The van der Waals surface area contributed by atoms with E-state index in [1.54, 1.807) is 11.7 Å². The summed E-state index contributed by atoms with van der Waals surface area (Å²) in [6, 6.07) is 4.81. The quantitative estimate of drug-likeness (QED) is 0.0261. The topological polar surface area (TPSA) is 257 Å². The molecule has 0 aliphatic carbocycles. The van der Waals surface area contributed by atoms with Gasteiger partial charge < -0.3 is 40.6 Å². The number of carbonyl (C=O) groups excluding carboxylic acids is 2. The minimum absolute atomic E-state index is 0. The van der Waals surface area contributed by atoms with Crippen LogP contribution >= 0.6 is 34.9 Å². The van der Waals surface area contributed by atoms with Gasteiger partial charge in [-0.2, -0.15) is 5.43 Å². The van der Waals surface area contributed by atoms with E-state index in [-0.39, 0.29) is 110 Å². The van der Waals surface area contributed by atoms with Gasteiger partial charge in [0.05, 0.1) is 12.7 Å². The van der Waals surface area contributed by atoms with Crippen LogP contribution in [0.3, 0.4) is 0 Å². The number of carbonyl (C=O) groups is 3. The maximum atomic E-state index is 13.4. The van der Waals surface area contributed by atoms with Crippen molar-refractivity contribution in [1.29, 1.82) is 0 Å². The molecule has 4 aromatic heterocycles. The van der Waals surface area contributed by atoms with Gasteiger partial charge in [-0.05, 0) is 17.5 Å². The van der Waals surface area contributed by atoms with Crippen LogP contribution in [0.1, 0.15) is 11.5 Å². The van der Waals surface area contributed by atoms with Crippen molar-refractivity contribution >= 4 is 63.5 Å². The maximum Gasteiger partial charge on any atom is 1.00 e. The van der Waals surface area contributed by atoms with Crippen molar-refractivity contribution in [3.05, 3.63) is 86.4 Å². The zero-order valence-electron chi connectivity index (χ0n) is 27.1. The molecule has 0 unspecified atom stereocenters. The Labute approximate surface area is 344 Å². The molecule has 1 saturated heterocycles. The Morgan fingerprint density at radius 3 is 2.69 bits per heavy atom. The van der Waals surface area contributed by atoms with Crippen LogP contribution in [0, 0.1) is 5.21 Å². The van der Waals surface area contributed by atoms with Gasteiger partial charge >= 0.3 is 65.1 Å². The number of hydrogen-bond donors (Lipinski definition) is 4. The van der Waals surface area contributed by atoms with Crippen molar-refractivity contribution in [3.63, 3.8) is 0 Å². The number of carboxylic acids is 1. The molecule has 2 atom stereocenters. The summed E-state index contributed by atoms with van der Waals surface area (Å²) in [5.74, 6) is -2.93. The summed E-state index contributed by atoms with van der Waals surface area (Å²) in [6.45, 7) is -0.382. The number of aromatic nitrogens is 4. The van der Waals surface area contributed by atoms with Gasteiger partial charge in [0.2, 0.25) is 12.4 Å². The fourth-order valence-corrected chi connectivity index (χ4v) is 7.70. The molecule has 2 aliphatic heterocycles. The number of oxime groups is 1. The van der Waals surface area contributed by atoms with Crippen LogP contribution in [0.2, 0.25) is 0 Å². The van der Waals surface area contributed by atoms with E-state index in [0.29, 0.717) is 23.3 Å². The summed E-state index contributed by atoms with van der Waals surface area (Å²) in [6.07, 6.45) is 4.23. The monoisotopic (exact) mass is 772 g/mol. The molecule has 4 aromatic rings. The van der Waals surface area contributed by atoms with E-state index in [2.05, 4.69) is 26.0 Å². The van der Waals surface area contributed by atoms with Crippen LogP contribution in [0.4, 0.5) is 5.13 Å². The Balaban J connectivity index is 0.00000292. The number of thioether (sulfide) groups is 2. The predicted octanol–water partition coefficient (Wildman–Crippen LogP) is -6.12. The molecule has 0 spiro atoms. The minimum atomic E-state index is -1.25. The Kier molecular flexibility index (Phi) is 13.7. The van der Waals surface area contributed by atoms with E-state index >= 15 is 0 Å². The number of pyridine rings is 2. The minimum Gasteiger partial charge on any atom is -0.869 e. The van der Waals surface area contributed by atoms with Gasteiger partial charge in [-0.3, -0.25) is 19.3 Å². The van der Waals surface area contributed by atoms with E-state index in [1.165, 1.54) is 39.9 Å². The average Bonchev–Trinajstić information content (AvgIpc) is 3.74. The van der Waals surface area contributed by atoms with Crippen LogP contribution in [0.25, 0.3) is 11.4 Å². The number of aliphatic carboxylic acids is 1. The largest absolute Gasteiger partial charge is 1.00 e. The van der Waals surface area contributed by atoms with E-state index in [0.717, 1.165) is 22.3 Å². The van der Waals surface area contributed by atoms with Gasteiger partial charge in [0.15, 0.2) is 28.6 Å². The number of thiazole rings is 1. The molecule has 5 N–H and O–H groups in total. The van der Waals surface area contributed by atoms with E-state index in [4.69, 9.17) is 15.1 Å². The second kappa shape index (κ2) is 17.3. The van der Waals surface area contributed by atoms with Gasteiger partial charge in [-0.1, -0.05) is 15.0 Å². The molecule has 254 valence electrons. The van der Waals surface area contributed by atoms with Gasteiger partial charge in [0, 0.05) is 46.0 Å². The number of fused-ring (bicyclic) bond motifs is 1. The van der Waals surface area contributed by atoms with E-state index in [9.17, 15) is 34.6 Å². The standard InChI is InChI=1S/C28H25N9O9S3.2Na/c1-30-35-4-2-15(3-5-35)47-10-13-11-48-26-22(25(41)37(26)23(13)27(42)43)32-24(40)21(17-12-49-28(29)31-17)34-45-9-14-6-16(33-46-14)18-7-19(38)20(39)8-36(18)44;;/h2-8,12,22,26,30,39H,9-11H2,1H3,(H2,29,31)(H,32,40)(H,42,43);;/q;2*+1/p-1/b34-21-;;/t22-,26-;;/m1../s1. The number of rotatable bonds is 12. The van der Waals surface area contributed by atoms with Crippen molar-refractivity contribution in [2.24, 2.45) is 5.16 Å². The molecule has 18 nitrogen and oxygen atoms in total. The summed E-state index contributed by atoms with van der Waals surface area (Å²) < 4.78 is 7.07. The average molecular weight is 773 g/mol. The molecule has 0 aromatic carbocycles. The first-order valence-electron chi connectivity index (χ1n) is 14.0. The maximum absolute atomic E-state index is 13.4. The number of nitrogens with two attached hydrogens (primary N) is 1. The molecule has 51 heavy (non-hydrogen) atoms. The van der Waals surface area contributed by atoms with Crippen molar-refractivity contribution < 1.29 is 97.7 Å². The molecule has 1 fully saturated rings. The Hall–Kier alpha value is -3.54.